The first-order valence-corrected chi connectivity index (χ1v) is 8.18. The van der Waals surface area contributed by atoms with Crippen molar-refractivity contribution in [2.45, 2.75) is 45.7 Å². The molecule has 2 amide bonds. The summed E-state index contributed by atoms with van der Waals surface area (Å²) >= 11 is 0. The van der Waals surface area contributed by atoms with Gasteiger partial charge in [0.25, 0.3) is 0 Å². The van der Waals surface area contributed by atoms with E-state index in [9.17, 15) is 18.8 Å². The molecule has 1 rings (SSSR count). The number of hydrogen-bond acceptors (Lipinski definition) is 4. The maximum atomic E-state index is 13.9. The minimum atomic E-state index is -0.995. The molecule has 3 atom stereocenters. The van der Waals surface area contributed by atoms with Gasteiger partial charge in [-0.25, -0.2) is 9.18 Å². The predicted octanol–water partition coefficient (Wildman–Crippen LogP) is 1.58. The van der Waals surface area contributed by atoms with Crippen molar-refractivity contribution in [1.82, 2.24) is 10.6 Å². The minimum Gasteiger partial charge on any atom is -0.467 e. The average Bonchev–Trinajstić information content (AvgIpc) is 2.58. The van der Waals surface area contributed by atoms with Crippen LogP contribution in [-0.4, -0.2) is 37.0 Å². The van der Waals surface area contributed by atoms with E-state index in [4.69, 9.17) is 4.74 Å². The highest BCUT2D eigenvalue weighted by molar-refractivity contribution is 5.90. The highest BCUT2D eigenvalue weighted by atomic mass is 19.1. The Morgan fingerprint density at radius 3 is 2.36 bits per heavy atom. The second kappa shape index (κ2) is 9.76. The van der Waals surface area contributed by atoms with Crippen LogP contribution < -0.4 is 10.6 Å². The molecule has 0 heterocycles. The normalized spacial score (nSPS) is 14.1. The third-order valence-corrected chi connectivity index (χ3v) is 4.04. The van der Waals surface area contributed by atoms with Crippen molar-refractivity contribution in [3.8, 4) is 0 Å². The van der Waals surface area contributed by atoms with Crippen molar-refractivity contribution in [1.29, 1.82) is 0 Å². The molecule has 0 aromatic heterocycles. The van der Waals surface area contributed by atoms with Crippen LogP contribution in [0, 0.1) is 11.7 Å². The van der Waals surface area contributed by atoms with Crippen molar-refractivity contribution in [3.05, 3.63) is 35.6 Å². The lowest BCUT2D eigenvalue weighted by Gasteiger charge is -2.25. The number of carbonyl (C=O) groups is 3. The summed E-state index contributed by atoms with van der Waals surface area (Å²) in [5.41, 5.74) is 0.301. The monoisotopic (exact) mass is 352 g/mol. The van der Waals surface area contributed by atoms with E-state index >= 15 is 0 Å². The summed E-state index contributed by atoms with van der Waals surface area (Å²) in [4.78, 5) is 35.9. The van der Waals surface area contributed by atoms with Crippen LogP contribution in [0.4, 0.5) is 4.39 Å². The first kappa shape index (κ1) is 20.6. The van der Waals surface area contributed by atoms with Gasteiger partial charge < -0.3 is 15.4 Å². The van der Waals surface area contributed by atoms with E-state index in [0.717, 1.165) is 0 Å². The van der Waals surface area contributed by atoms with Gasteiger partial charge in [-0.05, 0) is 17.5 Å². The molecule has 1 aromatic rings. The van der Waals surface area contributed by atoms with Crippen LogP contribution in [0.3, 0.4) is 0 Å². The maximum absolute atomic E-state index is 13.9. The Bertz CT molecular complexity index is 621. The molecule has 0 radical (unpaired) electrons. The lowest BCUT2D eigenvalue weighted by Crippen LogP contribution is -2.54. The second-order valence-electron chi connectivity index (χ2n) is 5.94. The highest BCUT2D eigenvalue weighted by Gasteiger charge is 2.30. The van der Waals surface area contributed by atoms with Gasteiger partial charge in [0.05, 0.1) is 7.11 Å². The molecular weight excluding hydrogens is 327 g/mol. The molecule has 0 aliphatic rings. The largest absolute Gasteiger partial charge is 0.467 e. The number of esters is 1. The zero-order chi connectivity index (χ0) is 19.0. The summed E-state index contributed by atoms with van der Waals surface area (Å²) in [5.74, 6) is -2.15. The zero-order valence-corrected chi connectivity index (χ0v) is 15.0. The van der Waals surface area contributed by atoms with Crippen molar-refractivity contribution in [3.63, 3.8) is 0 Å². The number of methoxy groups -OCH3 is 1. The van der Waals surface area contributed by atoms with E-state index in [1.807, 2.05) is 13.8 Å². The number of halogens is 1. The quantitative estimate of drug-likeness (QED) is 0.696. The molecule has 0 fully saturated rings. The van der Waals surface area contributed by atoms with Crippen LogP contribution in [-0.2, 0) is 25.5 Å². The summed E-state index contributed by atoms with van der Waals surface area (Å²) in [7, 11) is 1.24. The highest BCUT2D eigenvalue weighted by Crippen LogP contribution is 2.12. The van der Waals surface area contributed by atoms with Gasteiger partial charge in [0.1, 0.15) is 17.9 Å². The molecule has 0 unspecified atom stereocenters. The number of ether oxygens (including phenoxy) is 1. The molecule has 25 heavy (non-hydrogen) atoms. The molecule has 1 aromatic carbocycles. The number of rotatable bonds is 8. The fourth-order valence-corrected chi connectivity index (χ4v) is 2.39. The molecule has 2 N–H and O–H groups in total. The van der Waals surface area contributed by atoms with Crippen LogP contribution in [0.2, 0.25) is 0 Å². The number of hydrogen-bond donors (Lipinski definition) is 2. The van der Waals surface area contributed by atoms with E-state index in [0.29, 0.717) is 12.0 Å². The summed E-state index contributed by atoms with van der Waals surface area (Å²) < 4.78 is 18.6. The van der Waals surface area contributed by atoms with Crippen molar-refractivity contribution in [2.24, 2.45) is 5.92 Å². The number of amides is 2. The number of benzene rings is 1. The van der Waals surface area contributed by atoms with Crippen molar-refractivity contribution in [2.75, 3.05) is 7.11 Å². The molecule has 6 nitrogen and oxygen atoms in total. The van der Waals surface area contributed by atoms with Gasteiger partial charge in [-0.1, -0.05) is 38.5 Å². The van der Waals surface area contributed by atoms with E-state index < -0.39 is 35.7 Å². The molecule has 0 saturated carbocycles. The summed E-state index contributed by atoms with van der Waals surface area (Å²) in [6.45, 7) is 4.97. The Kier molecular flexibility index (Phi) is 8.04. The molecule has 0 bridgehead atoms. The number of nitrogens with one attached hydrogen (secondary N) is 2. The van der Waals surface area contributed by atoms with Gasteiger partial charge >= 0.3 is 5.97 Å². The summed E-state index contributed by atoms with van der Waals surface area (Å²) in [6, 6.07) is 4.20. The van der Waals surface area contributed by atoms with Gasteiger partial charge in [0.15, 0.2) is 0 Å². The third kappa shape index (κ3) is 6.17. The molecule has 7 heteroatoms. The standard InChI is InChI=1S/C18H25FN2O4/c1-5-11(2)16(18(24)25-4)21-17(23)15(20-12(3)22)10-13-8-6-7-9-14(13)19/h6-9,11,15-16H,5,10H2,1-4H3,(H,20,22)(H,21,23)/t11-,15-,16-/m1/s1. The number of carbonyl (C=O) groups excluding carboxylic acids is 3. The first-order chi connectivity index (χ1) is 11.8. The molecule has 0 spiro atoms. The van der Waals surface area contributed by atoms with Gasteiger partial charge in [0, 0.05) is 13.3 Å². The van der Waals surface area contributed by atoms with Gasteiger partial charge in [0.2, 0.25) is 11.8 Å². The predicted molar refractivity (Wildman–Crippen MR) is 91.1 cm³/mol. The maximum Gasteiger partial charge on any atom is 0.328 e. The molecule has 0 aliphatic carbocycles. The van der Waals surface area contributed by atoms with E-state index in [1.54, 1.807) is 18.2 Å². The fourth-order valence-electron chi connectivity index (χ4n) is 2.39. The van der Waals surface area contributed by atoms with Crippen LogP contribution in [0.5, 0.6) is 0 Å². The Labute approximate surface area is 147 Å². The van der Waals surface area contributed by atoms with E-state index in [2.05, 4.69) is 10.6 Å². The smallest absolute Gasteiger partial charge is 0.328 e. The Morgan fingerprint density at radius 2 is 1.84 bits per heavy atom. The van der Waals surface area contributed by atoms with E-state index in [-0.39, 0.29) is 12.3 Å². The topological polar surface area (TPSA) is 84.5 Å². The molecule has 0 aliphatic heterocycles. The van der Waals surface area contributed by atoms with Crippen LogP contribution in [0.1, 0.15) is 32.8 Å². The second-order valence-corrected chi connectivity index (χ2v) is 5.94. The first-order valence-electron chi connectivity index (χ1n) is 8.18. The third-order valence-electron chi connectivity index (χ3n) is 4.04. The zero-order valence-electron chi connectivity index (χ0n) is 15.0. The van der Waals surface area contributed by atoms with Crippen LogP contribution in [0.25, 0.3) is 0 Å². The lowest BCUT2D eigenvalue weighted by atomic mass is 9.98. The Morgan fingerprint density at radius 1 is 1.20 bits per heavy atom. The van der Waals surface area contributed by atoms with Crippen LogP contribution in [0.15, 0.2) is 24.3 Å². The van der Waals surface area contributed by atoms with Crippen LogP contribution >= 0.6 is 0 Å². The minimum absolute atomic E-state index is 0.0213. The Hall–Kier alpha value is -2.44. The van der Waals surface area contributed by atoms with Gasteiger partial charge in [-0.3, -0.25) is 9.59 Å². The Balaban J connectivity index is 2.97. The van der Waals surface area contributed by atoms with Crippen molar-refractivity contribution < 1.29 is 23.5 Å². The van der Waals surface area contributed by atoms with Crippen molar-refractivity contribution >= 4 is 17.8 Å². The summed E-state index contributed by atoms with van der Waals surface area (Å²) in [6.07, 6.45) is 0.630. The molecular formula is C18H25FN2O4. The average molecular weight is 352 g/mol. The van der Waals surface area contributed by atoms with E-state index in [1.165, 1.54) is 20.1 Å². The lowest BCUT2D eigenvalue weighted by molar-refractivity contribution is -0.146. The molecule has 0 saturated heterocycles. The van der Waals surface area contributed by atoms with Gasteiger partial charge in [-0.15, -0.1) is 0 Å². The SMILES string of the molecule is CC[C@@H](C)[C@@H](NC(=O)[C@@H](Cc1ccccc1F)NC(C)=O)C(=O)OC. The fraction of sp³-hybridized carbons (Fsp3) is 0.500. The summed E-state index contributed by atoms with van der Waals surface area (Å²) in [5, 5.41) is 5.12. The van der Waals surface area contributed by atoms with Gasteiger partial charge in [-0.2, -0.15) is 0 Å². The molecule has 138 valence electrons.